The molecule has 0 bridgehead atoms. The van der Waals surface area contributed by atoms with Gasteiger partial charge in [-0.25, -0.2) is 10.2 Å². The highest BCUT2D eigenvalue weighted by Gasteiger charge is 2.14. The Morgan fingerprint density at radius 3 is 2.30 bits per heavy atom. The number of methoxy groups -OCH3 is 1. The second-order valence-electron chi connectivity index (χ2n) is 7.06. The third-order valence-corrected chi connectivity index (χ3v) is 4.95. The molecule has 4 aromatic rings. The van der Waals surface area contributed by atoms with E-state index in [2.05, 4.69) is 10.5 Å². The third-order valence-electron chi connectivity index (χ3n) is 4.95. The van der Waals surface area contributed by atoms with Gasteiger partial charge in [-0.15, -0.1) is 0 Å². The molecule has 0 radical (unpaired) electrons. The number of hydrogen-bond acceptors (Lipinski definition) is 6. The first-order valence-corrected chi connectivity index (χ1v) is 10.1. The molecule has 4 aromatic carbocycles. The van der Waals surface area contributed by atoms with E-state index in [0.29, 0.717) is 28.2 Å². The molecule has 4 rings (SSSR count). The highest BCUT2D eigenvalue weighted by atomic mass is 16.5. The van der Waals surface area contributed by atoms with Crippen molar-refractivity contribution in [2.45, 2.75) is 0 Å². The number of nitrogens with zero attached hydrogens (tertiary/aromatic N) is 1. The van der Waals surface area contributed by atoms with Crippen molar-refractivity contribution in [1.82, 2.24) is 5.43 Å². The molecule has 1 amide bonds. The highest BCUT2D eigenvalue weighted by Crippen LogP contribution is 2.27. The summed E-state index contributed by atoms with van der Waals surface area (Å²) in [6.45, 7) is 0. The molecule has 0 heterocycles. The quantitative estimate of drug-likeness (QED) is 0.199. The van der Waals surface area contributed by atoms with Crippen molar-refractivity contribution in [1.29, 1.82) is 0 Å². The highest BCUT2D eigenvalue weighted by molar-refractivity contribution is 6.04. The Hall–Kier alpha value is -4.65. The number of benzene rings is 4. The zero-order valence-electron chi connectivity index (χ0n) is 17.7. The topological polar surface area (TPSA) is 97.2 Å². The second-order valence-corrected chi connectivity index (χ2v) is 7.06. The summed E-state index contributed by atoms with van der Waals surface area (Å²) in [5.74, 6) is 0.0275. The summed E-state index contributed by atoms with van der Waals surface area (Å²) in [6, 6.07) is 23.5. The number of carbonyl (C=O) groups is 2. The molecule has 33 heavy (non-hydrogen) atoms. The van der Waals surface area contributed by atoms with Crippen LogP contribution in [0.4, 0.5) is 0 Å². The number of esters is 1. The lowest BCUT2D eigenvalue weighted by molar-refractivity contribution is 0.0734. The summed E-state index contributed by atoms with van der Waals surface area (Å²) in [4.78, 5) is 25.0. The van der Waals surface area contributed by atoms with Crippen LogP contribution in [0, 0.1) is 0 Å². The zero-order chi connectivity index (χ0) is 23.2. The second kappa shape index (κ2) is 9.65. The van der Waals surface area contributed by atoms with Crippen LogP contribution in [0.5, 0.6) is 17.2 Å². The van der Waals surface area contributed by atoms with E-state index in [0.717, 1.165) is 10.8 Å². The van der Waals surface area contributed by atoms with Crippen LogP contribution in [0.1, 0.15) is 26.3 Å². The van der Waals surface area contributed by atoms with E-state index in [-0.39, 0.29) is 5.75 Å². The van der Waals surface area contributed by atoms with Crippen LogP contribution in [0.15, 0.2) is 90.0 Å². The van der Waals surface area contributed by atoms with Gasteiger partial charge in [0, 0.05) is 11.1 Å². The van der Waals surface area contributed by atoms with E-state index >= 15 is 0 Å². The van der Waals surface area contributed by atoms with E-state index in [1.165, 1.54) is 30.5 Å². The standard InChI is InChI=1S/C26H20N2O5/c1-32-21-13-8-19(9-14-21)26(31)33-24-15-10-17-4-2-3-5-22(17)23(24)16-27-28-25(30)18-6-11-20(29)12-7-18/h2-16,29H,1H3,(H,28,30)/b27-16-. The average molecular weight is 440 g/mol. The number of amides is 1. The number of aromatic hydroxyl groups is 1. The molecule has 164 valence electrons. The number of nitrogens with one attached hydrogen (secondary N) is 1. The molecule has 0 saturated heterocycles. The van der Waals surface area contributed by atoms with Gasteiger partial charge in [0.2, 0.25) is 0 Å². The largest absolute Gasteiger partial charge is 0.508 e. The molecular weight excluding hydrogens is 420 g/mol. The molecule has 7 heteroatoms. The predicted octanol–water partition coefficient (Wildman–Crippen LogP) is 4.54. The van der Waals surface area contributed by atoms with E-state index in [4.69, 9.17) is 9.47 Å². The molecule has 0 aromatic heterocycles. The lowest BCUT2D eigenvalue weighted by Crippen LogP contribution is -2.17. The lowest BCUT2D eigenvalue weighted by Gasteiger charge is -2.11. The minimum atomic E-state index is -0.532. The van der Waals surface area contributed by atoms with Crippen molar-refractivity contribution in [3.8, 4) is 17.2 Å². The van der Waals surface area contributed by atoms with Crippen LogP contribution in [0.25, 0.3) is 10.8 Å². The number of rotatable bonds is 6. The van der Waals surface area contributed by atoms with E-state index in [9.17, 15) is 14.7 Å². The first kappa shape index (κ1) is 21.6. The summed E-state index contributed by atoms with van der Waals surface area (Å²) >= 11 is 0. The molecule has 0 aliphatic heterocycles. The fourth-order valence-corrected chi connectivity index (χ4v) is 3.22. The molecule has 0 atom stereocenters. The SMILES string of the molecule is COc1ccc(C(=O)Oc2ccc3ccccc3c2/C=N\NC(=O)c2ccc(O)cc2)cc1. The Morgan fingerprint density at radius 2 is 1.58 bits per heavy atom. The summed E-state index contributed by atoms with van der Waals surface area (Å²) in [5.41, 5.74) is 3.70. The van der Waals surface area contributed by atoms with Crippen LogP contribution in [-0.4, -0.2) is 30.3 Å². The number of fused-ring (bicyclic) bond motifs is 1. The summed E-state index contributed by atoms with van der Waals surface area (Å²) in [5, 5.41) is 15.2. The number of carbonyl (C=O) groups excluding carboxylic acids is 2. The number of hydrazone groups is 1. The van der Waals surface area contributed by atoms with Crippen molar-refractivity contribution in [3.05, 3.63) is 102 Å². The molecule has 0 aliphatic rings. The van der Waals surface area contributed by atoms with Gasteiger partial charge in [-0.05, 0) is 65.4 Å². The normalized spacial score (nSPS) is 10.8. The molecular formula is C26H20N2O5. The van der Waals surface area contributed by atoms with Crippen molar-refractivity contribution in [2.75, 3.05) is 7.11 Å². The fourth-order valence-electron chi connectivity index (χ4n) is 3.22. The van der Waals surface area contributed by atoms with Crippen molar-refractivity contribution < 1.29 is 24.2 Å². The van der Waals surface area contributed by atoms with Crippen molar-refractivity contribution in [3.63, 3.8) is 0 Å². The van der Waals surface area contributed by atoms with Gasteiger partial charge >= 0.3 is 5.97 Å². The first-order chi connectivity index (χ1) is 16.0. The van der Waals surface area contributed by atoms with Crippen LogP contribution < -0.4 is 14.9 Å². The Bertz CT molecular complexity index is 1330. The molecule has 0 spiro atoms. The summed E-state index contributed by atoms with van der Waals surface area (Å²) in [7, 11) is 1.55. The van der Waals surface area contributed by atoms with E-state index in [1.54, 1.807) is 37.4 Å². The first-order valence-electron chi connectivity index (χ1n) is 10.1. The monoisotopic (exact) mass is 440 g/mol. The van der Waals surface area contributed by atoms with Crippen LogP contribution in [0.3, 0.4) is 0 Å². The summed E-state index contributed by atoms with van der Waals surface area (Å²) in [6.07, 6.45) is 1.44. The predicted molar refractivity (Wildman–Crippen MR) is 125 cm³/mol. The molecule has 2 N–H and O–H groups in total. The van der Waals surface area contributed by atoms with E-state index < -0.39 is 11.9 Å². The van der Waals surface area contributed by atoms with Gasteiger partial charge < -0.3 is 14.6 Å². The van der Waals surface area contributed by atoms with Gasteiger partial charge in [-0.2, -0.15) is 5.10 Å². The smallest absolute Gasteiger partial charge is 0.343 e. The molecule has 0 saturated carbocycles. The van der Waals surface area contributed by atoms with Gasteiger partial charge in [-0.1, -0.05) is 30.3 Å². The summed E-state index contributed by atoms with van der Waals surface area (Å²) < 4.78 is 10.8. The maximum atomic E-state index is 12.7. The number of phenolic OH excluding ortho intramolecular Hbond substituents is 1. The minimum Gasteiger partial charge on any atom is -0.508 e. The number of phenols is 1. The molecule has 0 fully saturated rings. The molecule has 7 nitrogen and oxygen atoms in total. The molecule has 0 aliphatic carbocycles. The number of ether oxygens (including phenoxy) is 2. The maximum Gasteiger partial charge on any atom is 0.343 e. The number of hydrogen-bond donors (Lipinski definition) is 2. The van der Waals surface area contributed by atoms with Gasteiger partial charge in [0.1, 0.15) is 17.2 Å². The van der Waals surface area contributed by atoms with Crippen LogP contribution >= 0.6 is 0 Å². The van der Waals surface area contributed by atoms with Crippen molar-refractivity contribution in [2.24, 2.45) is 5.10 Å². The maximum absolute atomic E-state index is 12.7. The van der Waals surface area contributed by atoms with Crippen molar-refractivity contribution >= 4 is 28.9 Å². The average Bonchev–Trinajstić information content (AvgIpc) is 2.85. The Kier molecular flexibility index (Phi) is 6.31. The zero-order valence-corrected chi connectivity index (χ0v) is 17.7. The Morgan fingerprint density at radius 1 is 0.879 bits per heavy atom. The van der Waals surface area contributed by atoms with Gasteiger partial charge in [0.25, 0.3) is 5.91 Å². The molecule has 0 unspecified atom stereocenters. The minimum absolute atomic E-state index is 0.0640. The third kappa shape index (κ3) is 4.99. The lowest BCUT2D eigenvalue weighted by atomic mass is 10.0. The fraction of sp³-hybridized carbons (Fsp3) is 0.0385. The van der Waals surface area contributed by atoms with Gasteiger partial charge in [0.05, 0.1) is 18.9 Å². The van der Waals surface area contributed by atoms with E-state index in [1.807, 2.05) is 30.3 Å². The van der Waals surface area contributed by atoms with Gasteiger partial charge in [-0.3, -0.25) is 4.79 Å². The Labute approximate surface area is 189 Å². The van der Waals surface area contributed by atoms with Gasteiger partial charge in [0.15, 0.2) is 0 Å². The van der Waals surface area contributed by atoms with Crippen LogP contribution in [-0.2, 0) is 0 Å². The Balaban J connectivity index is 1.60. The van der Waals surface area contributed by atoms with Crippen LogP contribution in [0.2, 0.25) is 0 Å².